The minimum Gasteiger partial charge on any atom is -0.390 e. The summed E-state index contributed by atoms with van der Waals surface area (Å²) in [5, 5.41) is 8.82. The van der Waals surface area contributed by atoms with Crippen LogP contribution in [-0.2, 0) is 6.61 Å². The van der Waals surface area contributed by atoms with Gasteiger partial charge in [-0.3, -0.25) is 9.97 Å². The number of aliphatic hydroxyl groups is 1. The van der Waals surface area contributed by atoms with E-state index in [2.05, 4.69) is 9.97 Å². The first kappa shape index (κ1) is 8.84. The third-order valence-corrected chi connectivity index (χ3v) is 1.98. The van der Waals surface area contributed by atoms with Crippen LogP contribution in [0.15, 0.2) is 42.9 Å². The summed E-state index contributed by atoms with van der Waals surface area (Å²) in [4.78, 5) is 8.12. The minimum atomic E-state index is -0.0205. The first-order valence-electron chi connectivity index (χ1n) is 4.36. The van der Waals surface area contributed by atoms with Gasteiger partial charge in [-0.2, -0.15) is 0 Å². The molecule has 2 heterocycles. The van der Waals surface area contributed by atoms with E-state index in [1.807, 2.05) is 24.3 Å². The summed E-state index contributed by atoms with van der Waals surface area (Å²) in [6.07, 6.45) is 5.26. The van der Waals surface area contributed by atoms with Crippen LogP contribution >= 0.6 is 0 Å². The SMILES string of the molecule is OCc1ccc(-c2cccnc2)cn1. The van der Waals surface area contributed by atoms with Crippen molar-refractivity contribution < 1.29 is 5.11 Å². The van der Waals surface area contributed by atoms with E-state index in [9.17, 15) is 0 Å². The van der Waals surface area contributed by atoms with Crippen LogP contribution in [0.25, 0.3) is 11.1 Å². The molecule has 0 aliphatic heterocycles. The van der Waals surface area contributed by atoms with Crippen LogP contribution in [-0.4, -0.2) is 15.1 Å². The molecule has 1 N–H and O–H groups in total. The number of rotatable bonds is 2. The van der Waals surface area contributed by atoms with Crippen molar-refractivity contribution in [2.24, 2.45) is 0 Å². The lowest BCUT2D eigenvalue weighted by molar-refractivity contribution is 0.277. The monoisotopic (exact) mass is 186 g/mol. The minimum absolute atomic E-state index is 0.0205. The summed E-state index contributed by atoms with van der Waals surface area (Å²) < 4.78 is 0. The summed E-state index contributed by atoms with van der Waals surface area (Å²) in [6.45, 7) is -0.0205. The molecule has 0 radical (unpaired) electrons. The Balaban J connectivity index is 2.34. The molecule has 0 bridgehead atoms. The lowest BCUT2D eigenvalue weighted by Gasteiger charge is -2.00. The van der Waals surface area contributed by atoms with Crippen molar-refractivity contribution in [3.63, 3.8) is 0 Å². The van der Waals surface area contributed by atoms with E-state index in [4.69, 9.17) is 5.11 Å². The lowest BCUT2D eigenvalue weighted by atomic mass is 10.1. The van der Waals surface area contributed by atoms with Gasteiger partial charge in [0.05, 0.1) is 12.3 Å². The van der Waals surface area contributed by atoms with Crippen LogP contribution < -0.4 is 0 Å². The van der Waals surface area contributed by atoms with Gasteiger partial charge in [-0.25, -0.2) is 0 Å². The van der Waals surface area contributed by atoms with Crippen molar-refractivity contribution in [2.45, 2.75) is 6.61 Å². The Morgan fingerprint density at radius 3 is 2.50 bits per heavy atom. The Morgan fingerprint density at radius 2 is 1.93 bits per heavy atom. The van der Waals surface area contributed by atoms with Gasteiger partial charge < -0.3 is 5.11 Å². The van der Waals surface area contributed by atoms with Gasteiger partial charge in [-0.15, -0.1) is 0 Å². The van der Waals surface area contributed by atoms with Gasteiger partial charge in [0, 0.05) is 29.7 Å². The maximum Gasteiger partial charge on any atom is 0.0852 e. The molecule has 70 valence electrons. The Labute approximate surface area is 82.1 Å². The molecule has 2 aromatic heterocycles. The summed E-state index contributed by atoms with van der Waals surface area (Å²) in [7, 11) is 0. The second kappa shape index (κ2) is 3.98. The van der Waals surface area contributed by atoms with Crippen molar-refractivity contribution in [1.82, 2.24) is 9.97 Å². The van der Waals surface area contributed by atoms with Crippen LogP contribution in [0, 0.1) is 0 Å². The van der Waals surface area contributed by atoms with E-state index in [0.29, 0.717) is 5.69 Å². The van der Waals surface area contributed by atoms with Crippen LogP contribution in [0.5, 0.6) is 0 Å². The number of nitrogens with zero attached hydrogens (tertiary/aromatic N) is 2. The van der Waals surface area contributed by atoms with Crippen molar-refractivity contribution in [1.29, 1.82) is 0 Å². The van der Waals surface area contributed by atoms with Gasteiger partial charge in [0.2, 0.25) is 0 Å². The van der Waals surface area contributed by atoms with E-state index < -0.39 is 0 Å². The van der Waals surface area contributed by atoms with Gasteiger partial charge in [-0.05, 0) is 12.1 Å². The highest BCUT2D eigenvalue weighted by molar-refractivity contribution is 5.60. The molecule has 0 aliphatic rings. The predicted octanol–water partition coefficient (Wildman–Crippen LogP) is 1.64. The first-order valence-corrected chi connectivity index (χ1v) is 4.36. The Hall–Kier alpha value is -1.74. The molecule has 0 saturated carbocycles. The summed E-state index contributed by atoms with van der Waals surface area (Å²) in [6, 6.07) is 7.59. The normalized spacial score (nSPS) is 10.1. The largest absolute Gasteiger partial charge is 0.390 e. The fourth-order valence-corrected chi connectivity index (χ4v) is 1.22. The van der Waals surface area contributed by atoms with Crippen LogP contribution in [0.2, 0.25) is 0 Å². The van der Waals surface area contributed by atoms with Gasteiger partial charge in [0.1, 0.15) is 0 Å². The molecule has 2 rings (SSSR count). The molecule has 0 fully saturated rings. The molecule has 3 nitrogen and oxygen atoms in total. The lowest BCUT2D eigenvalue weighted by Crippen LogP contribution is -1.88. The fourth-order valence-electron chi connectivity index (χ4n) is 1.22. The highest BCUT2D eigenvalue weighted by atomic mass is 16.3. The smallest absolute Gasteiger partial charge is 0.0852 e. The first-order chi connectivity index (χ1) is 6.90. The van der Waals surface area contributed by atoms with E-state index in [-0.39, 0.29) is 6.61 Å². The molecular weight excluding hydrogens is 176 g/mol. The number of pyridine rings is 2. The van der Waals surface area contributed by atoms with Crippen molar-refractivity contribution in [3.8, 4) is 11.1 Å². The average Bonchev–Trinajstić information content (AvgIpc) is 2.30. The molecule has 0 saturated heterocycles. The maximum atomic E-state index is 8.82. The van der Waals surface area contributed by atoms with Crippen molar-refractivity contribution in [2.75, 3.05) is 0 Å². The molecule has 0 atom stereocenters. The molecule has 0 amide bonds. The quantitative estimate of drug-likeness (QED) is 0.775. The maximum absolute atomic E-state index is 8.82. The van der Waals surface area contributed by atoms with Crippen LogP contribution in [0.1, 0.15) is 5.69 Å². The zero-order chi connectivity index (χ0) is 9.80. The molecule has 0 aromatic carbocycles. The second-order valence-electron chi connectivity index (χ2n) is 2.94. The highest BCUT2D eigenvalue weighted by Crippen LogP contribution is 2.16. The van der Waals surface area contributed by atoms with Gasteiger partial charge in [-0.1, -0.05) is 12.1 Å². The Bertz CT molecular complexity index is 397. The molecule has 2 aromatic rings. The number of hydrogen-bond donors (Lipinski definition) is 1. The number of aromatic nitrogens is 2. The molecular formula is C11H10N2O. The molecule has 0 unspecified atom stereocenters. The van der Waals surface area contributed by atoms with E-state index in [0.717, 1.165) is 11.1 Å². The summed E-state index contributed by atoms with van der Waals surface area (Å²) in [5.74, 6) is 0. The van der Waals surface area contributed by atoms with Gasteiger partial charge in [0.25, 0.3) is 0 Å². The Kier molecular flexibility index (Phi) is 2.51. The second-order valence-corrected chi connectivity index (χ2v) is 2.94. The summed E-state index contributed by atoms with van der Waals surface area (Å²) in [5.41, 5.74) is 2.72. The third-order valence-electron chi connectivity index (χ3n) is 1.98. The fraction of sp³-hybridized carbons (Fsp3) is 0.0909. The van der Waals surface area contributed by atoms with Crippen molar-refractivity contribution >= 4 is 0 Å². The van der Waals surface area contributed by atoms with Crippen LogP contribution in [0.3, 0.4) is 0 Å². The average molecular weight is 186 g/mol. The molecule has 14 heavy (non-hydrogen) atoms. The molecule has 3 heteroatoms. The molecule has 0 aliphatic carbocycles. The zero-order valence-electron chi connectivity index (χ0n) is 7.59. The topological polar surface area (TPSA) is 46.0 Å². The zero-order valence-corrected chi connectivity index (χ0v) is 7.59. The highest BCUT2D eigenvalue weighted by Gasteiger charge is 1.97. The number of aliphatic hydroxyl groups excluding tert-OH is 1. The van der Waals surface area contributed by atoms with E-state index in [1.165, 1.54) is 0 Å². The van der Waals surface area contributed by atoms with Gasteiger partial charge >= 0.3 is 0 Å². The van der Waals surface area contributed by atoms with Gasteiger partial charge in [0.15, 0.2) is 0 Å². The van der Waals surface area contributed by atoms with E-state index in [1.54, 1.807) is 18.6 Å². The summed E-state index contributed by atoms with van der Waals surface area (Å²) >= 11 is 0. The Morgan fingerprint density at radius 1 is 1.07 bits per heavy atom. The van der Waals surface area contributed by atoms with E-state index >= 15 is 0 Å². The molecule has 0 spiro atoms. The predicted molar refractivity (Wildman–Crippen MR) is 53.4 cm³/mol. The van der Waals surface area contributed by atoms with Crippen molar-refractivity contribution in [3.05, 3.63) is 48.5 Å². The third kappa shape index (κ3) is 1.78. The number of hydrogen-bond acceptors (Lipinski definition) is 3. The van der Waals surface area contributed by atoms with Crippen LogP contribution in [0.4, 0.5) is 0 Å². The standard InChI is InChI=1S/C11H10N2O/c14-8-11-4-3-10(7-13-11)9-2-1-5-12-6-9/h1-7,14H,8H2.